The molecule has 0 aliphatic carbocycles. The van der Waals surface area contributed by atoms with Crippen molar-refractivity contribution in [3.8, 4) is 0 Å². The maximum Gasteiger partial charge on any atom is 0.336 e. The summed E-state index contributed by atoms with van der Waals surface area (Å²) in [5.41, 5.74) is 2.78. The molecule has 2 amide bonds. The summed E-state index contributed by atoms with van der Waals surface area (Å²) in [5, 5.41) is 2.34. The molecule has 2 aromatic rings. The van der Waals surface area contributed by atoms with Gasteiger partial charge in [0.05, 0.1) is 18.7 Å². The van der Waals surface area contributed by atoms with E-state index in [4.69, 9.17) is 4.74 Å². The molecule has 2 saturated heterocycles. The van der Waals surface area contributed by atoms with Crippen LogP contribution in [0, 0.1) is 0 Å². The van der Waals surface area contributed by atoms with Crippen LogP contribution >= 0.6 is 0 Å². The van der Waals surface area contributed by atoms with Gasteiger partial charge < -0.3 is 14.5 Å². The predicted molar refractivity (Wildman–Crippen MR) is 112 cm³/mol. The fraction of sp³-hybridized carbons (Fsp3) is 0.417. The lowest BCUT2D eigenvalue weighted by Gasteiger charge is -2.39. The summed E-state index contributed by atoms with van der Waals surface area (Å²) in [7, 11) is 1.43. The quantitative estimate of drug-likeness (QED) is 0.722. The summed E-state index contributed by atoms with van der Waals surface area (Å²) < 4.78 is 5.18. The van der Waals surface area contributed by atoms with Gasteiger partial charge in [0, 0.05) is 19.1 Å². The highest BCUT2D eigenvalue weighted by Crippen LogP contribution is 2.44. The number of hydrogen-bond acceptors (Lipinski definition) is 3. The van der Waals surface area contributed by atoms with Crippen molar-refractivity contribution in [1.29, 1.82) is 0 Å². The highest BCUT2D eigenvalue weighted by atomic mass is 16.5. The van der Waals surface area contributed by atoms with Gasteiger partial charge >= 0.3 is 12.0 Å². The van der Waals surface area contributed by atoms with Gasteiger partial charge in [-0.3, -0.25) is 0 Å². The Morgan fingerprint density at radius 2 is 1.76 bits per heavy atom. The van der Waals surface area contributed by atoms with E-state index in [1.165, 1.54) is 12.5 Å². The Hall–Kier alpha value is -2.82. The number of ether oxygens (including phenoxy) is 1. The fourth-order valence-electron chi connectivity index (χ4n) is 5.29. The topological polar surface area (TPSA) is 49.9 Å². The lowest BCUT2D eigenvalue weighted by atomic mass is 9.87. The van der Waals surface area contributed by atoms with E-state index in [0.717, 1.165) is 55.3 Å². The van der Waals surface area contributed by atoms with Crippen molar-refractivity contribution in [2.45, 2.75) is 44.2 Å². The number of nitrogens with zero attached hydrogens (tertiary/aromatic N) is 2. The number of methoxy groups -OCH3 is 1. The summed E-state index contributed by atoms with van der Waals surface area (Å²) in [6, 6.07) is 14.7. The summed E-state index contributed by atoms with van der Waals surface area (Å²) in [6.45, 7) is 1.65. The first-order valence-electron chi connectivity index (χ1n) is 10.5. The SMILES string of the molecule is COC(=O)C1=C(c2ccc3ccccc3c2)C[C@@H]2CC[C@H]1N2C(=O)N1CCCC1. The molecule has 2 bridgehead atoms. The second-order valence-electron chi connectivity index (χ2n) is 8.28. The Kier molecular flexibility index (Phi) is 4.53. The van der Waals surface area contributed by atoms with Gasteiger partial charge in [0.25, 0.3) is 0 Å². The van der Waals surface area contributed by atoms with Gasteiger partial charge in [0.1, 0.15) is 0 Å². The van der Waals surface area contributed by atoms with Crippen LogP contribution < -0.4 is 0 Å². The minimum Gasteiger partial charge on any atom is -0.466 e. The van der Waals surface area contributed by atoms with Gasteiger partial charge in [-0.2, -0.15) is 0 Å². The van der Waals surface area contributed by atoms with E-state index in [-0.39, 0.29) is 24.1 Å². The molecule has 3 aliphatic rings. The molecule has 3 aliphatic heterocycles. The zero-order valence-corrected chi connectivity index (χ0v) is 16.8. The van der Waals surface area contributed by atoms with Crippen LogP contribution in [-0.2, 0) is 9.53 Å². The van der Waals surface area contributed by atoms with Gasteiger partial charge in [0.2, 0.25) is 0 Å². The number of esters is 1. The molecule has 5 heteroatoms. The molecular formula is C24H26N2O3. The van der Waals surface area contributed by atoms with Crippen LogP contribution in [-0.4, -0.2) is 54.1 Å². The van der Waals surface area contributed by atoms with Crippen LogP contribution in [0.15, 0.2) is 48.0 Å². The number of carbonyl (C=O) groups excluding carboxylic acids is 2. The molecule has 0 unspecified atom stereocenters. The third-order valence-electron chi connectivity index (χ3n) is 6.70. The molecule has 2 atom stereocenters. The van der Waals surface area contributed by atoms with Crippen LogP contribution in [0.1, 0.15) is 37.7 Å². The summed E-state index contributed by atoms with van der Waals surface area (Å²) in [4.78, 5) is 30.0. The standard InChI is InChI=1S/C24H26N2O3/c1-29-23(27)22-20(18-9-8-16-6-2-3-7-17(16)14-18)15-19-10-11-21(22)26(19)24(28)25-12-4-5-13-25/h2-3,6-9,14,19,21H,4-5,10-13,15H2,1H3/t19-,21+/m0/s1. The van der Waals surface area contributed by atoms with Gasteiger partial charge in [-0.1, -0.05) is 36.4 Å². The van der Waals surface area contributed by atoms with E-state index in [2.05, 4.69) is 30.3 Å². The first kappa shape index (κ1) is 18.2. The van der Waals surface area contributed by atoms with E-state index in [0.29, 0.717) is 12.0 Å². The summed E-state index contributed by atoms with van der Waals surface area (Å²) in [6.07, 6.45) is 4.60. The van der Waals surface area contributed by atoms with Crippen molar-refractivity contribution in [3.63, 3.8) is 0 Å². The molecule has 2 aromatic carbocycles. The van der Waals surface area contributed by atoms with E-state index in [1.54, 1.807) is 0 Å². The Morgan fingerprint density at radius 1 is 1.00 bits per heavy atom. The van der Waals surface area contributed by atoms with E-state index in [9.17, 15) is 9.59 Å². The number of urea groups is 1. The van der Waals surface area contributed by atoms with Crippen molar-refractivity contribution in [3.05, 3.63) is 53.6 Å². The van der Waals surface area contributed by atoms with Crippen molar-refractivity contribution in [2.75, 3.05) is 20.2 Å². The molecule has 5 rings (SSSR count). The Morgan fingerprint density at radius 3 is 2.52 bits per heavy atom. The maximum atomic E-state index is 13.2. The minimum atomic E-state index is -0.308. The molecule has 5 nitrogen and oxygen atoms in total. The number of rotatable bonds is 2. The normalized spacial score (nSPS) is 23.8. The molecule has 0 spiro atoms. The molecule has 0 radical (unpaired) electrons. The van der Waals surface area contributed by atoms with Crippen molar-refractivity contribution >= 4 is 28.3 Å². The molecule has 150 valence electrons. The zero-order valence-electron chi connectivity index (χ0n) is 16.8. The number of hydrogen-bond donors (Lipinski definition) is 0. The number of likely N-dealkylation sites (tertiary alicyclic amines) is 1. The number of carbonyl (C=O) groups is 2. The first-order valence-corrected chi connectivity index (χ1v) is 10.5. The van der Waals surface area contributed by atoms with Gasteiger partial charge in [-0.25, -0.2) is 9.59 Å². The Labute approximate surface area is 170 Å². The highest BCUT2D eigenvalue weighted by molar-refractivity contribution is 6.02. The second kappa shape index (κ2) is 7.21. The van der Waals surface area contributed by atoms with E-state index < -0.39 is 0 Å². The smallest absolute Gasteiger partial charge is 0.336 e. The van der Waals surface area contributed by atoms with Gasteiger partial charge in [0.15, 0.2) is 0 Å². The summed E-state index contributed by atoms with van der Waals surface area (Å²) in [5.74, 6) is -0.308. The average Bonchev–Trinajstić information content (AvgIpc) is 3.40. The number of amides is 2. The lowest BCUT2D eigenvalue weighted by molar-refractivity contribution is -0.136. The van der Waals surface area contributed by atoms with Crippen molar-refractivity contribution in [1.82, 2.24) is 9.80 Å². The zero-order chi connectivity index (χ0) is 20.0. The molecule has 2 fully saturated rings. The van der Waals surface area contributed by atoms with Crippen LogP contribution in [0.4, 0.5) is 4.79 Å². The maximum absolute atomic E-state index is 13.2. The molecule has 29 heavy (non-hydrogen) atoms. The molecule has 0 saturated carbocycles. The van der Waals surface area contributed by atoms with Crippen molar-refractivity contribution < 1.29 is 14.3 Å². The largest absolute Gasteiger partial charge is 0.466 e. The van der Waals surface area contributed by atoms with Crippen molar-refractivity contribution in [2.24, 2.45) is 0 Å². The molecule has 3 heterocycles. The molecule has 0 N–H and O–H groups in total. The van der Waals surface area contributed by atoms with Gasteiger partial charge in [-0.15, -0.1) is 0 Å². The lowest BCUT2D eigenvalue weighted by Crippen LogP contribution is -2.51. The summed E-state index contributed by atoms with van der Waals surface area (Å²) >= 11 is 0. The Balaban J connectivity index is 1.58. The molecule has 0 aromatic heterocycles. The highest BCUT2D eigenvalue weighted by Gasteiger charge is 2.47. The monoisotopic (exact) mass is 390 g/mol. The first-order chi connectivity index (χ1) is 14.2. The predicted octanol–water partition coefficient (Wildman–Crippen LogP) is 4.22. The van der Waals surface area contributed by atoms with Crippen LogP contribution in [0.2, 0.25) is 0 Å². The Bertz CT molecular complexity index is 1010. The van der Waals surface area contributed by atoms with Gasteiger partial charge in [-0.05, 0) is 60.1 Å². The fourth-order valence-corrected chi connectivity index (χ4v) is 5.29. The van der Waals surface area contributed by atoms with E-state index >= 15 is 0 Å². The van der Waals surface area contributed by atoms with E-state index in [1.807, 2.05) is 21.9 Å². The third kappa shape index (κ3) is 3.00. The number of benzene rings is 2. The minimum absolute atomic E-state index is 0.0916. The second-order valence-corrected chi connectivity index (χ2v) is 8.28. The van der Waals surface area contributed by atoms with Crippen LogP contribution in [0.25, 0.3) is 16.3 Å². The third-order valence-corrected chi connectivity index (χ3v) is 6.70. The van der Waals surface area contributed by atoms with Crippen LogP contribution in [0.5, 0.6) is 0 Å². The van der Waals surface area contributed by atoms with Crippen LogP contribution in [0.3, 0.4) is 0 Å². The molecular weight excluding hydrogens is 364 g/mol. The number of fused-ring (bicyclic) bond motifs is 3. The average molecular weight is 390 g/mol.